The van der Waals surface area contributed by atoms with Gasteiger partial charge in [0.15, 0.2) is 0 Å². The smallest absolute Gasteiger partial charge is 0.121 e. The molecule has 1 aliphatic heterocycles. The van der Waals surface area contributed by atoms with Crippen molar-refractivity contribution in [2.24, 2.45) is 5.92 Å². The first-order valence-electron chi connectivity index (χ1n) is 6.51. The van der Waals surface area contributed by atoms with Crippen LogP contribution in [0.4, 0.5) is 0 Å². The van der Waals surface area contributed by atoms with Crippen LogP contribution in [0.2, 0.25) is 0 Å². The van der Waals surface area contributed by atoms with E-state index in [9.17, 15) is 5.11 Å². The molecule has 1 atom stereocenters. The summed E-state index contributed by atoms with van der Waals surface area (Å²) in [5.74, 6) is 1.17. The summed E-state index contributed by atoms with van der Waals surface area (Å²) in [5, 5.41) is 9.58. The van der Waals surface area contributed by atoms with E-state index in [0.29, 0.717) is 13.2 Å². The Kier molecular flexibility index (Phi) is 3.93. The van der Waals surface area contributed by atoms with E-state index in [1.165, 1.54) is 5.56 Å². The molecule has 1 saturated heterocycles. The minimum atomic E-state index is -0.0134. The van der Waals surface area contributed by atoms with Gasteiger partial charge in [0.1, 0.15) is 5.75 Å². The Balaban J connectivity index is 2.35. The molecule has 1 aromatic carbocycles. The second kappa shape index (κ2) is 5.29. The van der Waals surface area contributed by atoms with Crippen LogP contribution >= 0.6 is 0 Å². The maximum absolute atomic E-state index is 9.58. The molecule has 1 unspecified atom stereocenters. The second-order valence-corrected chi connectivity index (χ2v) is 5.12. The predicted molar refractivity (Wildman–Crippen MR) is 71.1 cm³/mol. The van der Waals surface area contributed by atoms with Crippen molar-refractivity contribution in [3.63, 3.8) is 0 Å². The number of aliphatic hydroxyl groups is 1. The van der Waals surface area contributed by atoms with Crippen LogP contribution in [-0.2, 0) is 10.2 Å². The topological polar surface area (TPSA) is 38.7 Å². The van der Waals surface area contributed by atoms with E-state index in [1.807, 2.05) is 6.07 Å². The molecular weight excluding hydrogens is 228 g/mol. The molecule has 3 nitrogen and oxygen atoms in total. The molecule has 0 radical (unpaired) electrons. The highest BCUT2D eigenvalue weighted by molar-refractivity contribution is 5.41. The maximum atomic E-state index is 9.58. The molecule has 0 amide bonds. The van der Waals surface area contributed by atoms with Crippen LogP contribution in [0.25, 0.3) is 0 Å². The Hall–Kier alpha value is -1.06. The van der Waals surface area contributed by atoms with Crippen molar-refractivity contribution in [1.29, 1.82) is 0 Å². The van der Waals surface area contributed by atoms with E-state index in [1.54, 1.807) is 7.11 Å². The standard InChI is InChI=1S/C15H22O3/c1-4-12(8-16)15(9-18-10-15)13-5-6-14(17-3)11(2)7-13/h5-7,12,16H,4,8-10H2,1-3H3. The molecule has 0 spiro atoms. The molecule has 1 aromatic rings. The van der Waals surface area contributed by atoms with E-state index >= 15 is 0 Å². The van der Waals surface area contributed by atoms with Crippen LogP contribution in [0.3, 0.4) is 0 Å². The summed E-state index contributed by atoms with van der Waals surface area (Å²) in [6, 6.07) is 6.28. The van der Waals surface area contributed by atoms with Crippen LogP contribution in [0.15, 0.2) is 18.2 Å². The van der Waals surface area contributed by atoms with Gasteiger partial charge in [-0.05, 0) is 30.0 Å². The molecule has 100 valence electrons. The number of aryl methyl sites for hydroxylation is 1. The van der Waals surface area contributed by atoms with Gasteiger partial charge in [-0.3, -0.25) is 0 Å². The van der Waals surface area contributed by atoms with Crippen molar-refractivity contribution in [1.82, 2.24) is 0 Å². The van der Waals surface area contributed by atoms with Crippen LogP contribution in [0.5, 0.6) is 5.75 Å². The van der Waals surface area contributed by atoms with E-state index in [4.69, 9.17) is 9.47 Å². The van der Waals surface area contributed by atoms with Crippen molar-refractivity contribution in [3.8, 4) is 5.75 Å². The van der Waals surface area contributed by atoms with Crippen molar-refractivity contribution in [2.45, 2.75) is 25.7 Å². The SMILES string of the molecule is CCC(CO)C1(c2ccc(OC)c(C)c2)COC1. The third-order valence-corrected chi connectivity index (χ3v) is 4.18. The molecule has 18 heavy (non-hydrogen) atoms. The zero-order valence-corrected chi connectivity index (χ0v) is 11.4. The number of aliphatic hydroxyl groups excluding tert-OH is 1. The van der Waals surface area contributed by atoms with Gasteiger partial charge < -0.3 is 14.6 Å². The molecule has 3 heteroatoms. The van der Waals surface area contributed by atoms with Gasteiger partial charge in [-0.15, -0.1) is 0 Å². The van der Waals surface area contributed by atoms with Crippen molar-refractivity contribution < 1.29 is 14.6 Å². The highest BCUT2D eigenvalue weighted by Crippen LogP contribution is 2.42. The predicted octanol–water partition coefficient (Wildman–Crippen LogP) is 2.29. The van der Waals surface area contributed by atoms with Gasteiger partial charge in [0.25, 0.3) is 0 Å². The minimum Gasteiger partial charge on any atom is -0.496 e. The summed E-state index contributed by atoms with van der Waals surface area (Å²) in [6.45, 7) is 5.80. The van der Waals surface area contributed by atoms with Crippen LogP contribution in [0, 0.1) is 12.8 Å². The molecule has 0 bridgehead atoms. The van der Waals surface area contributed by atoms with E-state index in [0.717, 1.165) is 17.7 Å². The molecule has 1 aliphatic rings. The van der Waals surface area contributed by atoms with Gasteiger partial charge in [0, 0.05) is 12.0 Å². The zero-order valence-electron chi connectivity index (χ0n) is 11.4. The first kappa shape index (κ1) is 13.4. The summed E-state index contributed by atoms with van der Waals surface area (Å²) in [4.78, 5) is 0. The molecule has 1 N–H and O–H groups in total. The second-order valence-electron chi connectivity index (χ2n) is 5.12. The van der Waals surface area contributed by atoms with Crippen LogP contribution < -0.4 is 4.74 Å². The Bertz CT molecular complexity index is 406. The zero-order chi connectivity index (χ0) is 13.2. The number of rotatable bonds is 5. The quantitative estimate of drug-likeness (QED) is 0.871. The molecule has 0 saturated carbocycles. The summed E-state index contributed by atoms with van der Waals surface area (Å²) < 4.78 is 10.7. The van der Waals surface area contributed by atoms with E-state index in [-0.39, 0.29) is 17.9 Å². The fourth-order valence-electron chi connectivity index (χ4n) is 2.84. The average molecular weight is 250 g/mol. The van der Waals surface area contributed by atoms with E-state index < -0.39 is 0 Å². The Morgan fingerprint density at radius 1 is 1.44 bits per heavy atom. The molecule has 0 aromatic heterocycles. The third kappa shape index (κ3) is 2.02. The van der Waals surface area contributed by atoms with Crippen LogP contribution in [0.1, 0.15) is 24.5 Å². The summed E-state index contributed by atoms with van der Waals surface area (Å²) in [6.07, 6.45) is 0.963. The highest BCUT2D eigenvalue weighted by atomic mass is 16.5. The lowest BCUT2D eigenvalue weighted by atomic mass is 9.67. The fraction of sp³-hybridized carbons (Fsp3) is 0.600. The largest absolute Gasteiger partial charge is 0.496 e. The maximum Gasteiger partial charge on any atom is 0.121 e. The lowest BCUT2D eigenvalue weighted by Gasteiger charge is -2.47. The Morgan fingerprint density at radius 2 is 2.17 bits per heavy atom. The average Bonchev–Trinajstić information content (AvgIpc) is 2.33. The number of hydrogen-bond acceptors (Lipinski definition) is 3. The van der Waals surface area contributed by atoms with Gasteiger partial charge in [-0.25, -0.2) is 0 Å². The fourth-order valence-corrected chi connectivity index (χ4v) is 2.84. The first-order chi connectivity index (χ1) is 8.67. The first-order valence-corrected chi connectivity index (χ1v) is 6.51. The highest BCUT2D eigenvalue weighted by Gasteiger charge is 2.46. The summed E-state index contributed by atoms with van der Waals surface area (Å²) >= 11 is 0. The number of hydrogen-bond donors (Lipinski definition) is 1. The van der Waals surface area contributed by atoms with Gasteiger partial charge in [-0.1, -0.05) is 25.5 Å². The Labute approximate surface area is 109 Å². The summed E-state index contributed by atoms with van der Waals surface area (Å²) in [5.41, 5.74) is 2.38. The van der Waals surface area contributed by atoms with Crippen molar-refractivity contribution in [2.75, 3.05) is 26.9 Å². The number of methoxy groups -OCH3 is 1. The summed E-state index contributed by atoms with van der Waals surface area (Å²) in [7, 11) is 1.69. The van der Waals surface area contributed by atoms with Gasteiger partial charge in [0.2, 0.25) is 0 Å². The van der Waals surface area contributed by atoms with Crippen LogP contribution in [-0.4, -0.2) is 32.0 Å². The lowest BCUT2D eigenvalue weighted by molar-refractivity contribution is -0.101. The number of benzene rings is 1. The van der Waals surface area contributed by atoms with Crippen molar-refractivity contribution in [3.05, 3.63) is 29.3 Å². The van der Waals surface area contributed by atoms with Crippen molar-refractivity contribution >= 4 is 0 Å². The molecule has 2 rings (SSSR count). The Morgan fingerprint density at radius 3 is 2.56 bits per heavy atom. The normalized spacial score (nSPS) is 19.1. The van der Waals surface area contributed by atoms with Gasteiger partial charge in [-0.2, -0.15) is 0 Å². The molecule has 1 heterocycles. The molecule has 0 aliphatic carbocycles. The third-order valence-electron chi connectivity index (χ3n) is 4.18. The molecule has 1 fully saturated rings. The number of ether oxygens (including phenoxy) is 2. The molecular formula is C15H22O3. The monoisotopic (exact) mass is 250 g/mol. The minimum absolute atomic E-state index is 0.0134. The lowest BCUT2D eigenvalue weighted by Crippen LogP contribution is -2.53. The van der Waals surface area contributed by atoms with Gasteiger partial charge >= 0.3 is 0 Å². The van der Waals surface area contributed by atoms with Gasteiger partial charge in [0.05, 0.1) is 20.3 Å². The van der Waals surface area contributed by atoms with E-state index in [2.05, 4.69) is 26.0 Å².